The Labute approximate surface area is 215 Å². The number of H-pyrrole nitrogens is 1. The number of carbonyl (C=O) groups is 1. The Bertz CT molecular complexity index is 1150. The summed E-state index contributed by atoms with van der Waals surface area (Å²) < 4.78 is 32.3. The first-order chi connectivity index (χ1) is 17.5. The van der Waals surface area contributed by atoms with Crippen LogP contribution in [0.2, 0.25) is 0 Å². The van der Waals surface area contributed by atoms with Crippen molar-refractivity contribution in [3.63, 3.8) is 0 Å². The largest absolute Gasteiger partial charge is 0.444 e. The Morgan fingerprint density at radius 1 is 1.14 bits per heavy atom. The minimum absolute atomic E-state index is 0.0848. The topological polar surface area (TPSA) is 102 Å². The van der Waals surface area contributed by atoms with Gasteiger partial charge in [-0.25, -0.2) is 13.6 Å². The number of rotatable bonds is 6. The number of piperidine rings is 1. The number of nitrogens with zero attached hydrogens (tertiary/aromatic N) is 7. The van der Waals surface area contributed by atoms with Gasteiger partial charge in [0.2, 0.25) is 11.7 Å². The van der Waals surface area contributed by atoms with Gasteiger partial charge in [-0.1, -0.05) is 6.92 Å². The Balaban J connectivity index is 1.48. The minimum atomic E-state index is -2.35. The van der Waals surface area contributed by atoms with Crippen molar-refractivity contribution < 1.29 is 18.3 Å². The highest BCUT2D eigenvalue weighted by Gasteiger charge is 2.30. The Kier molecular flexibility index (Phi) is 7.91. The molecule has 11 nitrogen and oxygen atoms in total. The summed E-state index contributed by atoms with van der Waals surface area (Å²) in [6.45, 7) is 10.4. The highest BCUT2D eigenvalue weighted by atomic mass is 19.3. The van der Waals surface area contributed by atoms with Crippen molar-refractivity contribution >= 4 is 23.5 Å². The maximum absolute atomic E-state index is 13.5. The van der Waals surface area contributed by atoms with Crippen LogP contribution in [0.5, 0.6) is 0 Å². The van der Waals surface area contributed by atoms with Crippen LogP contribution in [-0.4, -0.2) is 106 Å². The van der Waals surface area contributed by atoms with E-state index >= 15 is 0 Å². The number of aromatic amines is 1. The normalized spacial score (nSPS) is 17.9. The molecule has 1 amide bonds. The van der Waals surface area contributed by atoms with E-state index in [2.05, 4.69) is 15.1 Å². The summed E-state index contributed by atoms with van der Waals surface area (Å²) in [4.78, 5) is 41.2. The van der Waals surface area contributed by atoms with Gasteiger partial charge in [0.15, 0.2) is 0 Å². The van der Waals surface area contributed by atoms with Crippen molar-refractivity contribution in [3.8, 4) is 0 Å². The molecule has 2 aliphatic rings. The molecule has 0 spiro atoms. The number of alkyl halides is 2. The predicted molar refractivity (Wildman–Crippen MR) is 137 cm³/mol. The molecule has 0 saturated carbocycles. The standard InChI is InChI=1S/C24H38F2N8O3/c1-6-17-19(31-11-13-33(14-12-31)23(36)37-24(2,3)4)20(35)34-21(27-17)28-22(29-34)32-9-7-16(8-10-32)30(5)15-18(25)26/h16,18H,6-15H2,1-5H3,(H,27,28,29). The van der Waals surface area contributed by atoms with Crippen LogP contribution in [0.15, 0.2) is 4.79 Å². The first-order valence-corrected chi connectivity index (χ1v) is 12.9. The SMILES string of the molecule is CCc1[nH]c2nc(N3CCC(N(C)CC(F)F)CC3)nn2c(=O)c1N1CCN(C(=O)OC(C)(C)C)CC1. The van der Waals surface area contributed by atoms with E-state index in [1.807, 2.05) is 37.5 Å². The first-order valence-electron chi connectivity index (χ1n) is 12.9. The van der Waals surface area contributed by atoms with Gasteiger partial charge in [-0.2, -0.15) is 9.50 Å². The van der Waals surface area contributed by atoms with Crippen LogP contribution in [0.1, 0.15) is 46.2 Å². The van der Waals surface area contributed by atoms with Gasteiger partial charge < -0.3 is 24.4 Å². The van der Waals surface area contributed by atoms with E-state index in [0.29, 0.717) is 63.1 Å². The lowest BCUT2D eigenvalue weighted by Gasteiger charge is -2.36. The summed E-state index contributed by atoms with van der Waals surface area (Å²) in [5.41, 5.74) is 0.506. The number of hydrogen-bond donors (Lipinski definition) is 1. The van der Waals surface area contributed by atoms with Crippen LogP contribution in [0, 0.1) is 0 Å². The smallest absolute Gasteiger partial charge is 0.410 e. The van der Waals surface area contributed by atoms with Crippen LogP contribution in [0.3, 0.4) is 0 Å². The monoisotopic (exact) mass is 524 g/mol. The maximum atomic E-state index is 13.5. The molecule has 0 atom stereocenters. The van der Waals surface area contributed by atoms with Gasteiger partial charge in [-0.3, -0.25) is 9.69 Å². The van der Waals surface area contributed by atoms with Crippen molar-refractivity contribution in [2.45, 2.75) is 65.0 Å². The summed E-state index contributed by atoms with van der Waals surface area (Å²) in [6.07, 6.45) is -0.647. The van der Waals surface area contributed by atoms with Gasteiger partial charge in [0, 0.05) is 51.0 Å². The van der Waals surface area contributed by atoms with E-state index in [1.165, 1.54) is 4.52 Å². The average Bonchev–Trinajstić information content (AvgIpc) is 3.27. The molecular formula is C24H38F2N8O3. The predicted octanol–water partition coefficient (Wildman–Crippen LogP) is 2.20. The van der Waals surface area contributed by atoms with E-state index in [4.69, 9.17) is 4.74 Å². The molecule has 0 unspecified atom stereocenters. The van der Waals surface area contributed by atoms with Crippen LogP contribution in [0.4, 0.5) is 25.2 Å². The van der Waals surface area contributed by atoms with Crippen molar-refractivity contribution in [1.82, 2.24) is 29.4 Å². The van der Waals surface area contributed by atoms with Gasteiger partial charge in [0.05, 0.1) is 6.54 Å². The van der Waals surface area contributed by atoms with E-state index < -0.39 is 12.0 Å². The summed E-state index contributed by atoms with van der Waals surface area (Å²) in [7, 11) is 1.73. The van der Waals surface area contributed by atoms with Gasteiger partial charge in [0.1, 0.15) is 11.3 Å². The van der Waals surface area contributed by atoms with Crippen LogP contribution < -0.4 is 15.4 Å². The number of hydrogen-bond acceptors (Lipinski definition) is 8. The van der Waals surface area contributed by atoms with Gasteiger partial charge in [-0.05, 0) is 47.1 Å². The zero-order chi connectivity index (χ0) is 26.9. The molecule has 0 aliphatic carbocycles. The fraction of sp³-hybridized carbons (Fsp3) is 0.750. The van der Waals surface area contributed by atoms with Gasteiger partial charge in [0.25, 0.3) is 12.0 Å². The number of aryl methyl sites for hydroxylation is 1. The van der Waals surface area contributed by atoms with Crippen molar-refractivity contribution in [1.29, 1.82) is 0 Å². The number of anilines is 2. The molecular weight excluding hydrogens is 486 g/mol. The quantitative estimate of drug-likeness (QED) is 0.614. The van der Waals surface area contributed by atoms with E-state index in [1.54, 1.807) is 16.8 Å². The molecule has 2 fully saturated rings. The Hall–Kier alpha value is -2.96. The van der Waals surface area contributed by atoms with Gasteiger partial charge >= 0.3 is 6.09 Å². The van der Waals surface area contributed by atoms with Crippen LogP contribution >= 0.6 is 0 Å². The summed E-state index contributed by atoms with van der Waals surface area (Å²) in [5, 5.41) is 4.51. The number of carbonyl (C=O) groups excluding carboxylic acids is 1. The molecule has 1 N–H and O–H groups in total. The number of fused-ring (bicyclic) bond motifs is 1. The van der Waals surface area contributed by atoms with Gasteiger partial charge in [-0.15, -0.1) is 5.10 Å². The maximum Gasteiger partial charge on any atom is 0.410 e. The van der Waals surface area contributed by atoms with Crippen LogP contribution in [0.25, 0.3) is 5.78 Å². The third-order valence-corrected chi connectivity index (χ3v) is 6.94. The van der Waals surface area contributed by atoms with Crippen molar-refractivity contribution in [3.05, 3.63) is 16.0 Å². The summed E-state index contributed by atoms with van der Waals surface area (Å²) >= 11 is 0. The summed E-state index contributed by atoms with van der Waals surface area (Å²) in [6, 6.07) is 0.0848. The van der Waals surface area contributed by atoms with Crippen molar-refractivity contribution in [2.75, 3.05) is 62.7 Å². The highest BCUT2D eigenvalue weighted by molar-refractivity contribution is 5.68. The van der Waals surface area contributed by atoms with E-state index in [-0.39, 0.29) is 24.2 Å². The number of ether oxygens (including phenoxy) is 1. The lowest BCUT2D eigenvalue weighted by Crippen LogP contribution is -2.51. The highest BCUT2D eigenvalue weighted by Crippen LogP contribution is 2.22. The number of nitrogens with one attached hydrogen (secondary N) is 1. The molecule has 13 heteroatoms. The fourth-order valence-corrected chi connectivity index (χ4v) is 4.98. The summed E-state index contributed by atoms with van der Waals surface area (Å²) in [5.74, 6) is 0.835. The first kappa shape index (κ1) is 27.1. The minimum Gasteiger partial charge on any atom is -0.444 e. The molecule has 2 saturated heterocycles. The molecule has 4 rings (SSSR count). The lowest BCUT2D eigenvalue weighted by atomic mass is 10.0. The molecule has 2 aromatic rings. The Morgan fingerprint density at radius 2 is 1.78 bits per heavy atom. The van der Waals surface area contributed by atoms with Crippen LogP contribution in [-0.2, 0) is 11.2 Å². The number of amides is 1. The zero-order valence-electron chi connectivity index (χ0n) is 22.3. The molecule has 37 heavy (non-hydrogen) atoms. The molecule has 206 valence electrons. The molecule has 2 aliphatic heterocycles. The zero-order valence-corrected chi connectivity index (χ0v) is 22.3. The average molecular weight is 525 g/mol. The second kappa shape index (κ2) is 10.8. The molecule has 0 radical (unpaired) electrons. The molecule has 0 bridgehead atoms. The van der Waals surface area contributed by atoms with E-state index in [9.17, 15) is 18.4 Å². The van der Waals surface area contributed by atoms with Crippen molar-refractivity contribution in [2.24, 2.45) is 0 Å². The Morgan fingerprint density at radius 3 is 2.35 bits per heavy atom. The molecule has 0 aromatic carbocycles. The lowest BCUT2D eigenvalue weighted by molar-refractivity contribution is 0.0240. The number of piperazine rings is 1. The number of halogens is 2. The third kappa shape index (κ3) is 6.13. The van der Waals surface area contributed by atoms with E-state index in [0.717, 1.165) is 18.5 Å². The number of aromatic nitrogens is 4. The second-order valence-electron chi connectivity index (χ2n) is 10.8. The molecule has 4 heterocycles. The molecule has 2 aromatic heterocycles. The second-order valence-corrected chi connectivity index (χ2v) is 10.8. The fourth-order valence-electron chi connectivity index (χ4n) is 4.98. The third-order valence-electron chi connectivity index (χ3n) is 6.94.